The van der Waals surface area contributed by atoms with Crippen molar-refractivity contribution >= 4 is 23.2 Å². The number of amides is 2. The average Bonchev–Trinajstić information content (AvgIpc) is 3.35. The predicted octanol–water partition coefficient (Wildman–Crippen LogP) is 3.00. The number of likely N-dealkylation sites (tertiary alicyclic amines) is 1. The molecule has 154 valence electrons. The van der Waals surface area contributed by atoms with Gasteiger partial charge >= 0.3 is 0 Å². The first-order valence-corrected chi connectivity index (χ1v) is 10.8. The normalized spacial score (nSPS) is 20.7. The van der Waals surface area contributed by atoms with Crippen molar-refractivity contribution < 1.29 is 18.7 Å². The van der Waals surface area contributed by atoms with Gasteiger partial charge in [0.25, 0.3) is 0 Å². The third kappa shape index (κ3) is 4.51. The molecule has 1 spiro atoms. The van der Waals surface area contributed by atoms with Crippen molar-refractivity contribution in [3.05, 3.63) is 58.0 Å². The molecule has 7 heteroatoms. The van der Waals surface area contributed by atoms with Crippen LogP contribution in [0.1, 0.15) is 23.3 Å². The van der Waals surface area contributed by atoms with Crippen LogP contribution in [0.2, 0.25) is 0 Å². The molecule has 2 aliphatic rings. The van der Waals surface area contributed by atoms with Crippen molar-refractivity contribution in [2.45, 2.75) is 25.8 Å². The van der Waals surface area contributed by atoms with Crippen molar-refractivity contribution in [2.75, 3.05) is 26.3 Å². The van der Waals surface area contributed by atoms with Crippen molar-refractivity contribution in [1.82, 2.24) is 10.2 Å². The van der Waals surface area contributed by atoms with Crippen LogP contribution in [0.3, 0.4) is 0 Å². The van der Waals surface area contributed by atoms with Gasteiger partial charge in [-0.2, -0.15) is 0 Å². The maximum absolute atomic E-state index is 13.5. The molecule has 0 bridgehead atoms. The van der Waals surface area contributed by atoms with Gasteiger partial charge in [0.2, 0.25) is 11.8 Å². The zero-order valence-corrected chi connectivity index (χ0v) is 17.1. The zero-order valence-electron chi connectivity index (χ0n) is 16.2. The minimum absolute atomic E-state index is 0.00126. The maximum atomic E-state index is 13.5. The number of halogens is 1. The van der Waals surface area contributed by atoms with Crippen LogP contribution in [-0.4, -0.2) is 43.0 Å². The first kappa shape index (κ1) is 20.0. The number of nitrogens with one attached hydrogen (secondary N) is 1. The zero-order chi connectivity index (χ0) is 20.3. The molecule has 5 nitrogen and oxygen atoms in total. The van der Waals surface area contributed by atoms with Gasteiger partial charge in [-0.25, -0.2) is 4.39 Å². The number of ether oxygens (including phenoxy) is 1. The number of nitrogens with zero attached hydrogens (tertiary/aromatic N) is 1. The Kier molecular flexibility index (Phi) is 5.96. The van der Waals surface area contributed by atoms with Crippen molar-refractivity contribution in [3.8, 4) is 0 Å². The lowest BCUT2D eigenvalue weighted by Gasteiger charge is -2.37. The van der Waals surface area contributed by atoms with Crippen LogP contribution < -0.4 is 5.32 Å². The molecule has 2 saturated heterocycles. The molecule has 0 saturated carbocycles. The van der Waals surface area contributed by atoms with Crippen LogP contribution in [-0.2, 0) is 27.3 Å². The first-order chi connectivity index (χ1) is 14.1. The number of carbonyl (C=O) groups excluding carboxylic acids is 2. The third-order valence-corrected chi connectivity index (χ3v) is 6.94. The molecule has 4 rings (SSSR count). The number of carbonyl (C=O) groups is 2. The quantitative estimate of drug-likeness (QED) is 0.815. The fourth-order valence-corrected chi connectivity index (χ4v) is 5.09. The second kappa shape index (κ2) is 8.63. The van der Waals surface area contributed by atoms with E-state index in [2.05, 4.69) is 5.32 Å². The molecule has 1 atom stereocenters. The Morgan fingerprint density at radius 3 is 2.79 bits per heavy atom. The maximum Gasteiger partial charge on any atom is 0.227 e. The Labute approximate surface area is 173 Å². The Morgan fingerprint density at radius 1 is 1.24 bits per heavy atom. The molecule has 2 aliphatic heterocycles. The smallest absolute Gasteiger partial charge is 0.227 e. The van der Waals surface area contributed by atoms with Crippen LogP contribution in [0, 0.1) is 17.2 Å². The van der Waals surface area contributed by atoms with E-state index in [1.807, 2.05) is 17.5 Å². The van der Waals surface area contributed by atoms with Gasteiger partial charge in [-0.05, 0) is 42.0 Å². The molecule has 3 heterocycles. The van der Waals surface area contributed by atoms with E-state index < -0.39 is 0 Å². The summed E-state index contributed by atoms with van der Waals surface area (Å²) in [5, 5.41) is 5.05. The standard InChI is InChI=1S/C22H25FN2O3S/c23-17-4-1-3-16(11-17)12-20(26)25-14-19(22(15-25)6-8-28-9-7-22)21(27)24-13-18-5-2-10-29-18/h1-5,10-11,19H,6-9,12-15H2,(H,24,27). The van der Waals surface area contributed by atoms with E-state index in [0.29, 0.717) is 38.4 Å². The molecule has 1 aromatic heterocycles. The molecule has 0 aliphatic carbocycles. The van der Waals surface area contributed by atoms with Gasteiger partial charge in [0.15, 0.2) is 0 Å². The van der Waals surface area contributed by atoms with Gasteiger partial charge in [0, 0.05) is 36.6 Å². The Bertz CT molecular complexity index is 865. The third-order valence-electron chi connectivity index (χ3n) is 6.07. The van der Waals surface area contributed by atoms with Gasteiger partial charge in [-0.3, -0.25) is 9.59 Å². The van der Waals surface area contributed by atoms with Crippen LogP contribution in [0.4, 0.5) is 4.39 Å². The molecule has 2 aromatic rings. The Morgan fingerprint density at radius 2 is 2.07 bits per heavy atom. The van der Waals surface area contributed by atoms with E-state index >= 15 is 0 Å². The predicted molar refractivity (Wildman–Crippen MR) is 109 cm³/mol. The second-order valence-electron chi connectivity index (χ2n) is 7.91. The molecular formula is C22H25FN2O3S. The lowest BCUT2D eigenvalue weighted by atomic mass is 9.72. The summed E-state index contributed by atoms with van der Waals surface area (Å²) >= 11 is 1.61. The second-order valence-corrected chi connectivity index (χ2v) is 8.94. The van der Waals surface area contributed by atoms with Gasteiger partial charge < -0.3 is 15.0 Å². The monoisotopic (exact) mass is 416 g/mol. The minimum Gasteiger partial charge on any atom is -0.381 e. The number of hydrogen-bond acceptors (Lipinski definition) is 4. The topological polar surface area (TPSA) is 58.6 Å². The van der Waals surface area contributed by atoms with Crippen molar-refractivity contribution in [1.29, 1.82) is 0 Å². The fraction of sp³-hybridized carbons (Fsp3) is 0.455. The lowest BCUT2D eigenvalue weighted by molar-refractivity contribution is -0.130. The first-order valence-electron chi connectivity index (χ1n) is 9.96. The van der Waals surface area contributed by atoms with E-state index in [4.69, 9.17) is 4.74 Å². The molecule has 2 amide bonds. The molecule has 0 radical (unpaired) electrons. The fourth-order valence-electron chi connectivity index (χ4n) is 4.45. The number of thiophene rings is 1. The summed E-state index contributed by atoms with van der Waals surface area (Å²) in [5.74, 6) is -0.650. The van der Waals surface area contributed by atoms with E-state index in [0.717, 1.165) is 17.7 Å². The summed E-state index contributed by atoms with van der Waals surface area (Å²) in [6, 6.07) is 10.1. The van der Waals surface area contributed by atoms with Gasteiger partial charge in [0.1, 0.15) is 5.82 Å². The summed E-state index contributed by atoms with van der Waals surface area (Å²) < 4.78 is 19.0. The summed E-state index contributed by atoms with van der Waals surface area (Å²) in [7, 11) is 0. The SMILES string of the molecule is O=C(NCc1cccs1)C1CN(C(=O)Cc2cccc(F)c2)CC12CCOCC2. The minimum atomic E-state index is -0.344. The molecule has 1 N–H and O–H groups in total. The van der Waals surface area contributed by atoms with Crippen LogP contribution in [0.25, 0.3) is 0 Å². The molecule has 1 unspecified atom stereocenters. The van der Waals surface area contributed by atoms with Crippen LogP contribution >= 0.6 is 11.3 Å². The summed E-state index contributed by atoms with van der Waals surface area (Å²) in [6.45, 7) is 2.70. The lowest BCUT2D eigenvalue weighted by Crippen LogP contribution is -2.44. The van der Waals surface area contributed by atoms with Crippen molar-refractivity contribution in [2.24, 2.45) is 11.3 Å². The van der Waals surface area contributed by atoms with Gasteiger partial charge in [-0.1, -0.05) is 18.2 Å². The summed E-state index contributed by atoms with van der Waals surface area (Å²) in [4.78, 5) is 28.8. The van der Waals surface area contributed by atoms with Gasteiger partial charge in [0.05, 0.1) is 18.9 Å². The summed E-state index contributed by atoms with van der Waals surface area (Å²) in [5.41, 5.74) is 0.414. The highest BCUT2D eigenvalue weighted by molar-refractivity contribution is 7.09. The van der Waals surface area contributed by atoms with E-state index in [1.54, 1.807) is 28.4 Å². The van der Waals surface area contributed by atoms with Crippen LogP contribution in [0.15, 0.2) is 41.8 Å². The molecule has 29 heavy (non-hydrogen) atoms. The molecule has 1 aromatic carbocycles. The summed E-state index contributed by atoms with van der Waals surface area (Å²) in [6.07, 6.45) is 1.69. The Balaban J connectivity index is 1.46. The number of rotatable bonds is 5. The number of hydrogen-bond donors (Lipinski definition) is 1. The van der Waals surface area contributed by atoms with Gasteiger partial charge in [-0.15, -0.1) is 11.3 Å². The average molecular weight is 417 g/mol. The molecular weight excluding hydrogens is 391 g/mol. The Hall–Kier alpha value is -2.25. The number of benzene rings is 1. The van der Waals surface area contributed by atoms with Crippen LogP contribution in [0.5, 0.6) is 0 Å². The van der Waals surface area contributed by atoms with Crippen molar-refractivity contribution in [3.63, 3.8) is 0 Å². The van der Waals surface area contributed by atoms with E-state index in [1.165, 1.54) is 12.1 Å². The molecule has 2 fully saturated rings. The van der Waals surface area contributed by atoms with E-state index in [-0.39, 0.29) is 35.4 Å². The van der Waals surface area contributed by atoms with E-state index in [9.17, 15) is 14.0 Å². The highest BCUT2D eigenvalue weighted by Gasteiger charge is 2.51. The largest absolute Gasteiger partial charge is 0.381 e. The highest BCUT2D eigenvalue weighted by Crippen LogP contribution is 2.44. The highest BCUT2D eigenvalue weighted by atomic mass is 32.1.